The van der Waals surface area contributed by atoms with Gasteiger partial charge in [0.05, 0.1) is 0 Å². The van der Waals surface area contributed by atoms with E-state index in [9.17, 15) is 0 Å². The van der Waals surface area contributed by atoms with Crippen molar-refractivity contribution in [2.75, 3.05) is 0 Å². The molecule has 0 aromatic rings. The summed E-state index contributed by atoms with van der Waals surface area (Å²) in [6.45, 7) is 15.8. The van der Waals surface area contributed by atoms with Gasteiger partial charge in [0.2, 0.25) is 0 Å². The number of rotatable bonds is 6. The minimum Gasteiger partial charge on any atom is -0.0656 e. The van der Waals surface area contributed by atoms with E-state index in [2.05, 4.69) is 48.5 Å². The lowest BCUT2D eigenvalue weighted by atomic mass is 10.0. The summed E-state index contributed by atoms with van der Waals surface area (Å²) < 4.78 is 0. The van der Waals surface area contributed by atoms with E-state index in [0.717, 1.165) is 29.6 Å². The van der Waals surface area contributed by atoms with Crippen LogP contribution in [0, 0.1) is 29.6 Å². The van der Waals surface area contributed by atoms with Crippen molar-refractivity contribution in [3.63, 3.8) is 0 Å². The van der Waals surface area contributed by atoms with Crippen LogP contribution in [-0.2, 0) is 0 Å². The molecular formula is C23H48. The van der Waals surface area contributed by atoms with Crippen LogP contribution < -0.4 is 0 Å². The Kier molecular flexibility index (Phi) is 14.4. The van der Waals surface area contributed by atoms with E-state index in [4.69, 9.17) is 0 Å². The lowest BCUT2D eigenvalue weighted by molar-refractivity contribution is 0.464. The summed E-state index contributed by atoms with van der Waals surface area (Å²) in [4.78, 5) is 0. The van der Waals surface area contributed by atoms with Gasteiger partial charge in [-0.25, -0.2) is 0 Å². The third kappa shape index (κ3) is 15.3. The fourth-order valence-electron chi connectivity index (χ4n) is 3.05. The summed E-state index contributed by atoms with van der Waals surface area (Å²) in [6.07, 6.45) is 15.9. The highest BCUT2D eigenvalue weighted by molar-refractivity contribution is 4.81. The van der Waals surface area contributed by atoms with Gasteiger partial charge in [0.15, 0.2) is 0 Å². The Morgan fingerprint density at radius 2 is 1.39 bits per heavy atom. The van der Waals surface area contributed by atoms with Crippen molar-refractivity contribution in [2.45, 2.75) is 119 Å². The molecule has 3 fully saturated rings. The largest absolute Gasteiger partial charge is 0.0656 e. The van der Waals surface area contributed by atoms with Gasteiger partial charge in [0, 0.05) is 0 Å². The molecule has 3 aliphatic carbocycles. The molecule has 0 aromatic carbocycles. The van der Waals surface area contributed by atoms with Crippen molar-refractivity contribution >= 4 is 0 Å². The van der Waals surface area contributed by atoms with Crippen molar-refractivity contribution in [2.24, 2.45) is 29.6 Å². The fourth-order valence-corrected chi connectivity index (χ4v) is 3.05. The zero-order chi connectivity index (χ0) is 17.7. The van der Waals surface area contributed by atoms with Crippen LogP contribution in [0.2, 0.25) is 0 Å². The third-order valence-electron chi connectivity index (χ3n) is 5.38. The molecule has 0 saturated heterocycles. The Labute approximate surface area is 149 Å². The second-order valence-corrected chi connectivity index (χ2v) is 8.42. The van der Waals surface area contributed by atoms with Crippen molar-refractivity contribution in [1.82, 2.24) is 0 Å². The predicted octanol–water partition coefficient (Wildman–Crippen LogP) is 8.50. The zero-order valence-corrected chi connectivity index (χ0v) is 17.7. The molecule has 3 saturated carbocycles. The molecule has 0 heteroatoms. The maximum Gasteiger partial charge on any atom is -0.0386 e. The van der Waals surface area contributed by atoms with Crippen LogP contribution in [0.3, 0.4) is 0 Å². The van der Waals surface area contributed by atoms with Gasteiger partial charge < -0.3 is 0 Å². The average molecular weight is 325 g/mol. The topological polar surface area (TPSA) is 0 Å². The fraction of sp³-hybridized carbons (Fsp3) is 1.00. The minimum absolute atomic E-state index is 1.03. The molecule has 0 aliphatic heterocycles. The van der Waals surface area contributed by atoms with E-state index < -0.39 is 0 Å². The first kappa shape index (κ1) is 23.0. The summed E-state index contributed by atoms with van der Waals surface area (Å²) in [5, 5.41) is 0. The normalized spacial score (nSPS) is 25.7. The summed E-state index contributed by atoms with van der Waals surface area (Å²) in [5.41, 5.74) is 0. The van der Waals surface area contributed by atoms with E-state index in [0.29, 0.717) is 0 Å². The SMILES string of the molecule is CCC.CCC1CC1.CCCC(C)C1CC1.CCCC1CC1C. The molecule has 0 heterocycles. The molecule has 0 radical (unpaired) electrons. The Balaban J connectivity index is 0.000000297. The predicted molar refractivity (Wildman–Crippen MR) is 108 cm³/mol. The lowest BCUT2D eigenvalue weighted by Gasteiger charge is -2.05. The first-order chi connectivity index (χ1) is 11.0. The standard InChI is InChI=1S/C8H16.C7H14.C5H10.C3H8/c1-3-4-7(2)8-5-6-8;1-3-4-7-5-6(7)2;1-2-5-3-4-5;1-3-2/h7-8H,3-6H2,1-2H3;6-7H,3-5H2,1-2H3;5H,2-4H2,1H3;3H2,1-2H3. The zero-order valence-electron chi connectivity index (χ0n) is 17.7. The highest BCUT2D eigenvalue weighted by Crippen LogP contribution is 2.41. The average Bonchev–Trinajstić information content (AvgIpc) is 3.38. The summed E-state index contributed by atoms with van der Waals surface area (Å²) >= 11 is 0. The van der Waals surface area contributed by atoms with Crippen molar-refractivity contribution < 1.29 is 0 Å². The highest BCUT2D eigenvalue weighted by atomic mass is 14.4. The second kappa shape index (κ2) is 14.4. The molecule has 0 amide bonds. The molecule has 0 nitrogen and oxygen atoms in total. The Morgan fingerprint density at radius 1 is 0.870 bits per heavy atom. The van der Waals surface area contributed by atoms with Crippen LogP contribution in [0.1, 0.15) is 119 Å². The molecule has 0 bridgehead atoms. The molecular weight excluding hydrogens is 276 g/mol. The molecule has 3 atom stereocenters. The third-order valence-corrected chi connectivity index (χ3v) is 5.38. The van der Waals surface area contributed by atoms with Crippen LogP contribution in [0.4, 0.5) is 0 Å². The maximum atomic E-state index is 2.39. The van der Waals surface area contributed by atoms with Crippen molar-refractivity contribution in [3.8, 4) is 0 Å². The molecule has 3 aliphatic rings. The van der Waals surface area contributed by atoms with Gasteiger partial charge in [-0.3, -0.25) is 0 Å². The van der Waals surface area contributed by atoms with E-state index in [1.54, 1.807) is 0 Å². The molecule has 140 valence electrons. The molecule has 0 aromatic heterocycles. The molecule has 3 unspecified atom stereocenters. The maximum absolute atomic E-state index is 2.39. The summed E-state index contributed by atoms with van der Waals surface area (Å²) in [7, 11) is 0. The summed E-state index contributed by atoms with van der Waals surface area (Å²) in [5.74, 6) is 5.47. The van der Waals surface area contributed by atoms with Gasteiger partial charge in [0.25, 0.3) is 0 Å². The van der Waals surface area contributed by atoms with Gasteiger partial charge in [-0.05, 0) is 48.9 Å². The van der Waals surface area contributed by atoms with Gasteiger partial charge in [0.1, 0.15) is 0 Å². The van der Waals surface area contributed by atoms with E-state index >= 15 is 0 Å². The monoisotopic (exact) mass is 324 g/mol. The van der Waals surface area contributed by atoms with Crippen molar-refractivity contribution in [3.05, 3.63) is 0 Å². The van der Waals surface area contributed by atoms with Crippen LogP contribution in [0.25, 0.3) is 0 Å². The van der Waals surface area contributed by atoms with Crippen LogP contribution in [0.15, 0.2) is 0 Å². The molecule has 3 rings (SSSR count). The smallest absolute Gasteiger partial charge is 0.0386 e. The van der Waals surface area contributed by atoms with E-state index in [-0.39, 0.29) is 0 Å². The second-order valence-electron chi connectivity index (χ2n) is 8.42. The number of hydrogen-bond donors (Lipinski definition) is 0. The molecule has 0 spiro atoms. The molecule has 23 heavy (non-hydrogen) atoms. The van der Waals surface area contributed by atoms with Gasteiger partial charge in [-0.2, -0.15) is 0 Å². The quantitative estimate of drug-likeness (QED) is 0.459. The van der Waals surface area contributed by atoms with E-state index in [1.807, 2.05) is 0 Å². The lowest BCUT2D eigenvalue weighted by Crippen LogP contribution is -1.94. The van der Waals surface area contributed by atoms with Gasteiger partial charge >= 0.3 is 0 Å². The van der Waals surface area contributed by atoms with Crippen LogP contribution >= 0.6 is 0 Å². The van der Waals surface area contributed by atoms with Crippen molar-refractivity contribution in [1.29, 1.82) is 0 Å². The van der Waals surface area contributed by atoms with Crippen LogP contribution in [0.5, 0.6) is 0 Å². The first-order valence-electron chi connectivity index (χ1n) is 11.0. The van der Waals surface area contributed by atoms with Gasteiger partial charge in [-0.1, -0.05) is 99.8 Å². The minimum atomic E-state index is 1.03. The highest BCUT2D eigenvalue weighted by Gasteiger charge is 2.30. The molecule has 0 N–H and O–H groups in total. The Hall–Kier alpha value is 0. The van der Waals surface area contributed by atoms with Crippen LogP contribution in [-0.4, -0.2) is 0 Å². The Morgan fingerprint density at radius 3 is 1.57 bits per heavy atom. The Bertz CT molecular complexity index is 236. The van der Waals surface area contributed by atoms with E-state index in [1.165, 1.54) is 70.6 Å². The first-order valence-corrected chi connectivity index (χ1v) is 11.0. The van der Waals surface area contributed by atoms with Gasteiger partial charge in [-0.15, -0.1) is 0 Å². The number of hydrogen-bond acceptors (Lipinski definition) is 0. The summed E-state index contributed by atoms with van der Waals surface area (Å²) in [6, 6.07) is 0.